The minimum atomic E-state index is -0.130. The second kappa shape index (κ2) is 5.53. The molecular weight excluding hydrogens is 330 g/mol. The van der Waals surface area contributed by atoms with Gasteiger partial charge in [-0.15, -0.1) is 0 Å². The third kappa shape index (κ3) is 2.44. The first-order valence-corrected chi connectivity index (χ1v) is 7.60. The number of carbonyl (C=O) groups excluding carboxylic acids is 1. The lowest BCUT2D eigenvalue weighted by atomic mass is 9.93. The number of nitrogens with zero attached hydrogens (tertiary/aromatic N) is 1. The van der Waals surface area contributed by atoms with Crippen LogP contribution < -0.4 is 9.64 Å². The average Bonchev–Trinajstić information content (AvgIpc) is 2.75. The van der Waals surface area contributed by atoms with Crippen LogP contribution in [0.1, 0.15) is 17.0 Å². The summed E-state index contributed by atoms with van der Waals surface area (Å²) in [7, 11) is 3.48. The maximum absolute atomic E-state index is 12.5. The largest absolute Gasteiger partial charge is 0.497 e. The summed E-state index contributed by atoms with van der Waals surface area (Å²) in [5, 5.41) is 0. The molecule has 0 bridgehead atoms. The highest BCUT2D eigenvalue weighted by Gasteiger charge is 2.35. The van der Waals surface area contributed by atoms with E-state index in [-0.39, 0.29) is 11.8 Å². The van der Waals surface area contributed by atoms with Crippen LogP contribution >= 0.6 is 15.9 Å². The van der Waals surface area contributed by atoms with Gasteiger partial charge < -0.3 is 9.64 Å². The lowest BCUT2D eigenvalue weighted by Gasteiger charge is -2.13. The molecule has 0 fully saturated rings. The lowest BCUT2D eigenvalue weighted by Crippen LogP contribution is -2.24. The van der Waals surface area contributed by atoms with Gasteiger partial charge in [0.25, 0.3) is 0 Å². The maximum Gasteiger partial charge on any atom is 0.234 e. The van der Waals surface area contributed by atoms with Gasteiger partial charge in [0.05, 0.1) is 13.0 Å². The minimum Gasteiger partial charge on any atom is -0.497 e. The molecule has 1 aliphatic rings. The highest BCUT2D eigenvalue weighted by Crippen LogP contribution is 2.39. The zero-order valence-corrected chi connectivity index (χ0v) is 13.6. The molecule has 1 aliphatic heterocycles. The molecule has 0 spiro atoms. The van der Waals surface area contributed by atoms with E-state index in [1.165, 1.54) is 0 Å². The monoisotopic (exact) mass is 345 g/mol. The fourth-order valence-corrected chi connectivity index (χ4v) is 3.23. The van der Waals surface area contributed by atoms with Crippen LogP contribution in [0.2, 0.25) is 0 Å². The molecule has 4 heteroatoms. The fraction of sp³-hybridized carbons (Fsp3) is 0.235. The Balaban J connectivity index is 1.97. The van der Waals surface area contributed by atoms with Crippen LogP contribution in [-0.2, 0) is 11.2 Å². The van der Waals surface area contributed by atoms with Gasteiger partial charge >= 0.3 is 0 Å². The van der Waals surface area contributed by atoms with E-state index in [4.69, 9.17) is 4.74 Å². The number of methoxy groups -OCH3 is 1. The van der Waals surface area contributed by atoms with Gasteiger partial charge in [-0.25, -0.2) is 0 Å². The summed E-state index contributed by atoms with van der Waals surface area (Å²) in [4.78, 5) is 14.3. The van der Waals surface area contributed by atoms with Crippen LogP contribution in [0.4, 0.5) is 5.69 Å². The molecule has 0 aromatic heterocycles. The van der Waals surface area contributed by atoms with Crippen molar-refractivity contribution >= 4 is 27.5 Å². The van der Waals surface area contributed by atoms with Gasteiger partial charge in [0.2, 0.25) is 5.91 Å². The molecular formula is C17H16BrNO2. The standard InChI is InChI=1S/C17H16BrNO2/c1-19-16-6-4-3-5-13(16)14(17(19)20)10-11-9-12(21-2)7-8-15(11)18/h3-9,14H,10H2,1-2H3/t14-/m0/s1. The summed E-state index contributed by atoms with van der Waals surface area (Å²) in [5.41, 5.74) is 3.18. The van der Waals surface area contributed by atoms with E-state index in [2.05, 4.69) is 15.9 Å². The quantitative estimate of drug-likeness (QED) is 0.847. The van der Waals surface area contributed by atoms with Crippen LogP contribution in [0.3, 0.4) is 0 Å². The van der Waals surface area contributed by atoms with Crippen molar-refractivity contribution < 1.29 is 9.53 Å². The Morgan fingerprint density at radius 3 is 2.76 bits per heavy atom. The van der Waals surface area contributed by atoms with Gasteiger partial charge in [0, 0.05) is 17.2 Å². The van der Waals surface area contributed by atoms with Crippen LogP contribution in [0.15, 0.2) is 46.9 Å². The molecule has 0 radical (unpaired) electrons. The number of fused-ring (bicyclic) bond motifs is 1. The van der Waals surface area contributed by atoms with E-state index in [9.17, 15) is 4.79 Å². The number of halogens is 1. The number of carbonyl (C=O) groups is 1. The average molecular weight is 346 g/mol. The molecule has 1 amide bonds. The minimum absolute atomic E-state index is 0.130. The summed E-state index contributed by atoms with van der Waals surface area (Å²) in [6.07, 6.45) is 0.665. The van der Waals surface area contributed by atoms with Crippen molar-refractivity contribution in [3.8, 4) is 5.75 Å². The van der Waals surface area contributed by atoms with Crippen molar-refractivity contribution in [3.05, 3.63) is 58.1 Å². The molecule has 0 N–H and O–H groups in total. The third-order valence-corrected chi connectivity index (χ3v) is 4.75. The first-order chi connectivity index (χ1) is 10.1. The number of anilines is 1. The van der Waals surface area contributed by atoms with Crippen LogP contribution in [0.25, 0.3) is 0 Å². The molecule has 108 valence electrons. The number of amides is 1. The van der Waals surface area contributed by atoms with Crippen LogP contribution in [-0.4, -0.2) is 20.1 Å². The summed E-state index contributed by atoms with van der Waals surface area (Å²) >= 11 is 3.56. The van der Waals surface area contributed by atoms with E-state index in [0.717, 1.165) is 27.0 Å². The van der Waals surface area contributed by atoms with Crippen molar-refractivity contribution in [1.82, 2.24) is 0 Å². The van der Waals surface area contributed by atoms with Gasteiger partial charge in [-0.2, -0.15) is 0 Å². The summed E-state index contributed by atoms with van der Waals surface area (Å²) in [5.74, 6) is 0.820. The van der Waals surface area contributed by atoms with Gasteiger partial charge in [-0.05, 0) is 41.8 Å². The first kappa shape index (κ1) is 14.1. The predicted molar refractivity (Wildman–Crippen MR) is 87.0 cm³/mol. The normalized spacial score (nSPS) is 17.0. The number of ether oxygens (including phenoxy) is 1. The highest BCUT2D eigenvalue weighted by molar-refractivity contribution is 9.10. The lowest BCUT2D eigenvalue weighted by molar-refractivity contribution is -0.119. The smallest absolute Gasteiger partial charge is 0.234 e. The number of rotatable bonds is 3. The zero-order valence-electron chi connectivity index (χ0n) is 12.0. The number of hydrogen-bond acceptors (Lipinski definition) is 2. The number of hydrogen-bond donors (Lipinski definition) is 0. The SMILES string of the molecule is COc1ccc(Br)c(C[C@@H]2C(=O)N(C)c3ccccc32)c1. The molecule has 2 aromatic carbocycles. The van der Waals surface area contributed by atoms with Crippen molar-refractivity contribution in [2.45, 2.75) is 12.3 Å². The van der Waals surface area contributed by atoms with E-state index < -0.39 is 0 Å². The molecule has 0 unspecified atom stereocenters. The molecule has 0 saturated carbocycles. The van der Waals surface area contributed by atoms with E-state index in [0.29, 0.717) is 6.42 Å². The van der Waals surface area contributed by atoms with Gasteiger partial charge in [-0.1, -0.05) is 34.1 Å². The highest BCUT2D eigenvalue weighted by atomic mass is 79.9. The molecule has 2 aromatic rings. The Labute approximate surface area is 132 Å². The Kier molecular flexibility index (Phi) is 3.72. The number of benzene rings is 2. The van der Waals surface area contributed by atoms with E-state index in [1.807, 2.05) is 49.5 Å². The topological polar surface area (TPSA) is 29.5 Å². The van der Waals surface area contributed by atoms with Gasteiger partial charge in [-0.3, -0.25) is 4.79 Å². The Morgan fingerprint density at radius 1 is 1.24 bits per heavy atom. The van der Waals surface area contributed by atoms with Gasteiger partial charge in [0.15, 0.2) is 0 Å². The number of para-hydroxylation sites is 1. The van der Waals surface area contributed by atoms with Crippen LogP contribution in [0.5, 0.6) is 5.75 Å². The molecule has 1 heterocycles. The number of likely N-dealkylation sites (N-methyl/N-ethyl adjacent to an activating group) is 1. The fourth-order valence-electron chi connectivity index (χ4n) is 2.82. The van der Waals surface area contributed by atoms with E-state index >= 15 is 0 Å². The van der Waals surface area contributed by atoms with Crippen molar-refractivity contribution in [3.63, 3.8) is 0 Å². The zero-order chi connectivity index (χ0) is 15.0. The van der Waals surface area contributed by atoms with Crippen LogP contribution in [0, 0.1) is 0 Å². The molecule has 3 rings (SSSR count). The summed E-state index contributed by atoms with van der Waals surface area (Å²) in [6, 6.07) is 13.8. The van der Waals surface area contributed by atoms with Crippen molar-refractivity contribution in [2.75, 3.05) is 19.1 Å². The summed E-state index contributed by atoms with van der Waals surface area (Å²) in [6.45, 7) is 0. The maximum atomic E-state index is 12.5. The summed E-state index contributed by atoms with van der Waals surface area (Å²) < 4.78 is 6.28. The first-order valence-electron chi connectivity index (χ1n) is 6.80. The molecule has 0 aliphatic carbocycles. The van der Waals surface area contributed by atoms with Crippen molar-refractivity contribution in [2.24, 2.45) is 0 Å². The second-order valence-corrected chi connectivity index (χ2v) is 6.02. The van der Waals surface area contributed by atoms with Gasteiger partial charge in [0.1, 0.15) is 5.75 Å². The molecule has 1 atom stereocenters. The Morgan fingerprint density at radius 2 is 2.00 bits per heavy atom. The molecule has 0 saturated heterocycles. The third-order valence-electron chi connectivity index (χ3n) is 3.98. The second-order valence-electron chi connectivity index (χ2n) is 5.17. The predicted octanol–water partition coefficient (Wildman–Crippen LogP) is 3.76. The Bertz CT molecular complexity index is 699. The Hall–Kier alpha value is -1.81. The molecule has 3 nitrogen and oxygen atoms in total. The van der Waals surface area contributed by atoms with Crippen molar-refractivity contribution in [1.29, 1.82) is 0 Å². The van der Waals surface area contributed by atoms with E-state index in [1.54, 1.807) is 12.0 Å². The molecule has 21 heavy (non-hydrogen) atoms.